The van der Waals surface area contributed by atoms with Crippen LogP contribution in [0.2, 0.25) is 14.4 Å². The molecule has 0 spiro atoms. The van der Waals surface area contributed by atoms with E-state index in [0.29, 0.717) is 128 Å². The Morgan fingerprint density at radius 1 is 0.425 bits per heavy atom. The van der Waals surface area contributed by atoms with Crippen LogP contribution in [0.4, 0.5) is 22.7 Å². The molecular weight excluding hydrogens is 1970 g/mol. The normalized spacial score (nSPS) is 14.2. The van der Waals surface area contributed by atoms with E-state index in [1.54, 1.807) is 57.2 Å². The van der Waals surface area contributed by atoms with Gasteiger partial charge < -0.3 is 53.5 Å². The summed E-state index contributed by atoms with van der Waals surface area (Å²) in [4.78, 5) is 71.0. The lowest BCUT2D eigenvalue weighted by Crippen LogP contribution is -2.49. The number of aliphatic hydroxyl groups excluding tert-OH is 1. The number of phenols is 1. The number of anilines is 4. The average molecular weight is 2080 g/mol. The highest BCUT2D eigenvalue weighted by Gasteiger charge is 2.34. The molecule has 4 aliphatic heterocycles. The van der Waals surface area contributed by atoms with Crippen molar-refractivity contribution in [3.8, 4) is 63.3 Å². The third-order valence-electron chi connectivity index (χ3n) is 25.1. The summed E-state index contributed by atoms with van der Waals surface area (Å²) in [6, 6.07) is 86.5. The molecule has 19 rings (SSSR count). The van der Waals surface area contributed by atoms with Crippen LogP contribution in [0, 0.1) is 11.3 Å². The Bertz CT molecular complexity index is 7280. The number of phenolic OH excluding ortho intramolecular Hbond substituents is 1. The lowest BCUT2D eigenvalue weighted by atomic mass is 10.1. The Kier molecular flexibility index (Phi) is 36.3. The summed E-state index contributed by atoms with van der Waals surface area (Å²) >= 11 is 21.0. The van der Waals surface area contributed by atoms with Crippen LogP contribution in [-0.4, -0.2) is 215 Å². The first-order valence-electron chi connectivity index (χ1n) is 47.9. The van der Waals surface area contributed by atoms with E-state index in [-0.39, 0.29) is 58.0 Å². The number of para-hydroxylation sites is 4. The summed E-state index contributed by atoms with van der Waals surface area (Å²) in [6.45, 7) is 17.3. The molecule has 2 N–H and O–H groups in total. The summed E-state index contributed by atoms with van der Waals surface area (Å²) in [6.07, 6.45) is 8.06. The molecule has 5 aromatic heterocycles. The van der Waals surface area contributed by atoms with Gasteiger partial charge in [0, 0.05) is 158 Å². The van der Waals surface area contributed by atoms with Gasteiger partial charge in [0.2, 0.25) is 17.2 Å². The van der Waals surface area contributed by atoms with Gasteiger partial charge in [0.25, 0.3) is 15.6 Å². The van der Waals surface area contributed by atoms with E-state index in [1.165, 1.54) is 40.9 Å². The number of piperazine rings is 4. The fourth-order valence-corrected chi connectivity index (χ4v) is 21.8. The first-order chi connectivity index (χ1) is 71.1. The number of aromatic hydroxyl groups is 1. The average Bonchev–Trinajstić information content (AvgIpc) is 0.963. The van der Waals surface area contributed by atoms with Crippen LogP contribution in [-0.2, 0) is 49.1 Å². The van der Waals surface area contributed by atoms with Crippen LogP contribution in [0.1, 0.15) is 52.8 Å². The first-order valence-corrected chi connectivity index (χ1v) is 52.2. The molecule has 754 valence electrons. The number of aliphatic hydroxyl groups is 1. The molecule has 0 aliphatic carbocycles. The highest BCUT2D eigenvalue weighted by molar-refractivity contribution is 7.99. The van der Waals surface area contributed by atoms with Crippen molar-refractivity contribution in [2.75, 3.05) is 152 Å². The number of rotatable bonds is 31. The van der Waals surface area contributed by atoms with Crippen molar-refractivity contribution in [1.29, 1.82) is 5.26 Å². The van der Waals surface area contributed by atoms with Crippen LogP contribution in [0.15, 0.2) is 331 Å². The minimum atomic E-state index is -3.63. The highest BCUT2D eigenvalue weighted by atomic mass is 35.5. The molecule has 36 heteroatoms. The van der Waals surface area contributed by atoms with E-state index in [1.807, 2.05) is 267 Å². The molecule has 0 saturated carbocycles. The number of ether oxygens (including phenoxy) is 5. The Morgan fingerprint density at radius 3 is 1.25 bits per heavy atom. The topological polar surface area (TPSA) is 310 Å². The van der Waals surface area contributed by atoms with Crippen molar-refractivity contribution in [2.45, 2.75) is 73.0 Å². The van der Waals surface area contributed by atoms with Crippen LogP contribution in [0.3, 0.4) is 0 Å². The minimum Gasteiger partial charge on any atom is -0.508 e. The Balaban J connectivity index is 0.000000140. The Hall–Kier alpha value is -14.1. The molecule has 9 heterocycles. The van der Waals surface area contributed by atoms with Crippen LogP contribution < -0.4 is 65.5 Å². The maximum absolute atomic E-state index is 13.7. The lowest BCUT2D eigenvalue weighted by molar-refractivity contribution is 0.231. The quantitative estimate of drug-likeness (QED) is 0.0408. The molecule has 0 radical (unpaired) electrons. The van der Waals surface area contributed by atoms with E-state index in [9.17, 15) is 43.1 Å². The molecule has 10 aromatic carbocycles. The lowest BCUT2D eigenvalue weighted by Gasteiger charge is -2.36. The molecule has 0 amide bonds. The van der Waals surface area contributed by atoms with E-state index in [0.717, 1.165) is 158 Å². The van der Waals surface area contributed by atoms with Gasteiger partial charge in [0.1, 0.15) is 43.4 Å². The molecule has 4 aliphatic rings. The SMILES string of the molecule is CC(C)Oc1c(N2CCN(Cc3c(Cl)cccc3Cl)CC2)cnn(-c2ccccc2)c1=O.COc1ccc(CCOc2c(N3CCN(Cc4cccc(O)c4)CC3)cnn(-c3ccccc3)c2=O)cc1.COc1ccc(CCOc2c(N3CCN(Cc4ccccc4C#N)CC3)cnn(-c3ccccc3)c2=O)cc1.O=c1c(Sc2ccc(CO)cc2)c(N2CCN(S(=O)(=O)c3ccc(Cl)s3)CC2)cnn1-c1ccccc1. The standard InChI is InChI=1S/C31H31N5O3.C30H32N4O4.C25H23ClN4O4S3.C24H26Cl2N4O2/c1-38-28-13-11-24(12-14-28)15-20-39-30-29(22-33-36(31(30)37)27-9-3-2-4-10-27)35-18-16-34(17-19-35)23-26-8-6-5-7-25(26)21-32;1-37-27-12-10-23(11-13-27)14-19-38-29-28(21-31-34(30(29)36)25-7-3-2-4-8-25)33-17-15-32(16-18-33)22-24-6-5-9-26(35)20-24;26-22-10-11-23(36-22)37(33,34)29-14-12-28(13-15-29)21-16-27-30(19-4-2-1-3-5-19)25(32)24(21)35-20-8-6-18(17-31)7-9-20;1-17(2)32-23-22(15-27-30(24(23)31)18-7-4-3-5-8-18)29-13-11-28(12-14-29)16-19-20(25)9-6-10-21(19)26/h2-14,22H,15-20,23H2,1H3;2-13,20-21,35H,14-19,22H2,1H3;1-11,16,31H,12-15,17H2;3-10,15,17H,11-14,16H2,1-2H3. The zero-order valence-electron chi connectivity index (χ0n) is 81.2. The molecule has 0 atom stereocenters. The minimum absolute atomic E-state index is 0.0584. The van der Waals surface area contributed by atoms with Gasteiger partial charge >= 0.3 is 16.7 Å². The Morgan fingerprint density at radius 2 is 0.822 bits per heavy atom. The number of hydrogen-bond acceptors (Lipinski definition) is 27. The second kappa shape index (κ2) is 50.6. The van der Waals surface area contributed by atoms with Crippen molar-refractivity contribution in [1.82, 2.24) is 58.1 Å². The third-order valence-corrected chi connectivity index (χ3v) is 30.5. The number of thiophene rings is 1. The number of halogens is 3. The summed E-state index contributed by atoms with van der Waals surface area (Å²) in [5, 5.41) is 47.8. The summed E-state index contributed by atoms with van der Waals surface area (Å²) in [5.41, 5.74) is 11.2. The highest BCUT2D eigenvalue weighted by Crippen LogP contribution is 2.38. The number of sulfonamides is 1. The second-order valence-electron chi connectivity index (χ2n) is 35.0. The van der Waals surface area contributed by atoms with Crippen LogP contribution >= 0.6 is 57.9 Å². The van der Waals surface area contributed by atoms with E-state index < -0.39 is 10.0 Å². The third kappa shape index (κ3) is 26.8. The smallest absolute Gasteiger partial charge is 0.316 e. The van der Waals surface area contributed by atoms with Gasteiger partial charge in [-0.25, -0.2) is 8.42 Å². The molecule has 0 bridgehead atoms. The van der Waals surface area contributed by atoms with Crippen molar-refractivity contribution < 1.29 is 42.3 Å². The molecule has 4 fully saturated rings. The molecule has 0 unspecified atom stereocenters. The van der Waals surface area contributed by atoms with Gasteiger partial charge in [0.05, 0.1) is 109 Å². The summed E-state index contributed by atoms with van der Waals surface area (Å²) < 4.78 is 62.6. The molecule has 4 saturated heterocycles. The van der Waals surface area contributed by atoms with Crippen molar-refractivity contribution in [2.24, 2.45) is 0 Å². The number of nitriles is 1. The largest absolute Gasteiger partial charge is 0.508 e. The fraction of sp³-hybridized carbons (Fsp3) is 0.264. The molecule has 146 heavy (non-hydrogen) atoms. The Labute approximate surface area is 870 Å². The number of nitrogens with zero attached hydrogens (tertiary/aromatic N) is 17. The van der Waals surface area contributed by atoms with E-state index >= 15 is 0 Å². The maximum Gasteiger partial charge on any atom is 0.316 e. The van der Waals surface area contributed by atoms with Crippen LogP contribution in [0.5, 0.6) is 34.5 Å². The van der Waals surface area contributed by atoms with Crippen molar-refractivity contribution in [3.63, 3.8) is 0 Å². The predicted molar refractivity (Wildman–Crippen MR) is 574 cm³/mol. The van der Waals surface area contributed by atoms with Gasteiger partial charge in [-0.05, 0) is 169 Å². The fourth-order valence-electron chi connectivity index (χ4n) is 17.3. The number of aromatic nitrogens is 8. The number of hydrogen-bond donors (Lipinski definition) is 2. The van der Waals surface area contributed by atoms with Gasteiger partial charge in [-0.3, -0.25) is 33.9 Å². The predicted octanol–water partition coefficient (Wildman–Crippen LogP) is 16.7. The zero-order valence-corrected chi connectivity index (χ0v) is 85.9. The van der Waals surface area contributed by atoms with E-state index in [4.69, 9.17) is 58.5 Å². The van der Waals surface area contributed by atoms with Gasteiger partial charge in [0.15, 0.2) is 0 Å². The monoisotopic (exact) mass is 2080 g/mol. The van der Waals surface area contributed by atoms with Crippen molar-refractivity contribution >= 4 is 90.7 Å². The zero-order chi connectivity index (χ0) is 102. The van der Waals surface area contributed by atoms with Gasteiger partial charge in [-0.15, -0.1) is 11.3 Å². The van der Waals surface area contributed by atoms with Gasteiger partial charge in [-0.2, -0.15) is 48.7 Å². The number of methoxy groups -OCH3 is 2. The number of benzene rings is 10. The summed E-state index contributed by atoms with van der Waals surface area (Å²) in [7, 11) is -0.339. The summed E-state index contributed by atoms with van der Waals surface area (Å²) in [5.74, 6) is 2.85. The van der Waals surface area contributed by atoms with Crippen molar-refractivity contribution in [3.05, 3.63) is 393 Å². The maximum atomic E-state index is 13.7. The van der Waals surface area contributed by atoms with Crippen LogP contribution in [0.25, 0.3) is 22.7 Å². The van der Waals surface area contributed by atoms with Gasteiger partial charge in [-0.1, -0.05) is 192 Å². The van der Waals surface area contributed by atoms with E-state index in [2.05, 4.69) is 55.9 Å². The molecular formula is C110H112Cl3N17O13S3. The molecule has 30 nitrogen and oxygen atoms in total. The first kappa shape index (κ1) is 105. The molecule has 15 aromatic rings. The second-order valence-corrected chi connectivity index (χ2v) is 40.8.